The minimum Gasteiger partial charge on any atom is -0.497 e. The Bertz CT molecular complexity index is 743. The number of hydrogen-bond acceptors (Lipinski definition) is 6. The molecule has 1 aromatic carbocycles. The molecule has 1 aliphatic heterocycles. The SMILES string of the molecule is COc1cccc(N2CCN(C(c3nnnn3C(C)(C)C)C(C)C)CC2)c1. The highest BCUT2D eigenvalue weighted by Crippen LogP contribution is 2.31. The van der Waals surface area contributed by atoms with Crippen molar-refractivity contribution in [2.24, 2.45) is 5.92 Å². The van der Waals surface area contributed by atoms with Crippen LogP contribution in [0.2, 0.25) is 0 Å². The normalized spacial score (nSPS) is 17.4. The van der Waals surface area contributed by atoms with Gasteiger partial charge < -0.3 is 9.64 Å². The molecule has 1 fully saturated rings. The summed E-state index contributed by atoms with van der Waals surface area (Å²) in [5.41, 5.74) is 1.09. The molecule has 0 bridgehead atoms. The van der Waals surface area contributed by atoms with Gasteiger partial charge in [0, 0.05) is 37.9 Å². The molecule has 0 amide bonds. The van der Waals surface area contributed by atoms with Crippen molar-refractivity contribution in [3.05, 3.63) is 30.1 Å². The molecular formula is C20H32N6O. The maximum Gasteiger partial charge on any atom is 0.169 e. The zero-order valence-electron chi connectivity index (χ0n) is 17.4. The van der Waals surface area contributed by atoms with Crippen molar-refractivity contribution in [3.8, 4) is 5.75 Å². The number of ether oxygens (including phenoxy) is 1. The number of nitrogens with zero attached hydrogens (tertiary/aromatic N) is 6. The van der Waals surface area contributed by atoms with Gasteiger partial charge in [-0.3, -0.25) is 4.90 Å². The van der Waals surface area contributed by atoms with Crippen LogP contribution in [-0.4, -0.2) is 58.4 Å². The molecule has 3 rings (SSSR count). The Labute approximate surface area is 162 Å². The zero-order chi connectivity index (χ0) is 19.6. The molecule has 1 aliphatic rings. The van der Waals surface area contributed by atoms with Crippen molar-refractivity contribution >= 4 is 5.69 Å². The summed E-state index contributed by atoms with van der Waals surface area (Å²) in [6, 6.07) is 8.51. The second-order valence-corrected chi connectivity index (χ2v) is 8.53. The number of benzene rings is 1. The second-order valence-electron chi connectivity index (χ2n) is 8.53. The lowest BCUT2D eigenvalue weighted by Crippen LogP contribution is -2.49. The van der Waals surface area contributed by atoms with E-state index in [1.165, 1.54) is 5.69 Å². The van der Waals surface area contributed by atoms with Gasteiger partial charge in [0.15, 0.2) is 5.82 Å². The second kappa shape index (κ2) is 7.84. The van der Waals surface area contributed by atoms with Gasteiger partial charge >= 0.3 is 0 Å². The number of anilines is 1. The van der Waals surface area contributed by atoms with Crippen LogP contribution in [0.3, 0.4) is 0 Å². The highest BCUT2D eigenvalue weighted by atomic mass is 16.5. The van der Waals surface area contributed by atoms with Crippen LogP contribution in [0.25, 0.3) is 0 Å². The minimum atomic E-state index is -0.131. The van der Waals surface area contributed by atoms with Crippen molar-refractivity contribution in [3.63, 3.8) is 0 Å². The van der Waals surface area contributed by atoms with Crippen LogP contribution in [-0.2, 0) is 5.54 Å². The number of piperazine rings is 1. The zero-order valence-corrected chi connectivity index (χ0v) is 17.4. The largest absolute Gasteiger partial charge is 0.497 e. The summed E-state index contributed by atoms with van der Waals surface area (Å²) < 4.78 is 7.35. The van der Waals surface area contributed by atoms with E-state index in [4.69, 9.17) is 4.74 Å². The molecule has 0 N–H and O–H groups in total. The average molecular weight is 373 g/mol. The number of hydrogen-bond donors (Lipinski definition) is 0. The molecule has 2 heterocycles. The number of methoxy groups -OCH3 is 1. The third-order valence-corrected chi connectivity index (χ3v) is 5.15. The molecule has 0 saturated carbocycles. The predicted octanol–water partition coefficient (Wildman–Crippen LogP) is 2.96. The first-order chi connectivity index (χ1) is 12.8. The average Bonchev–Trinajstić information content (AvgIpc) is 3.12. The molecule has 0 aliphatic carbocycles. The van der Waals surface area contributed by atoms with Crippen molar-refractivity contribution < 1.29 is 4.74 Å². The van der Waals surface area contributed by atoms with Crippen molar-refractivity contribution in [1.29, 1.82) is 0 Å². The Morgan fingerprint density at radius 1 is 1.07 bits per heavy atom. The van der Waals surface area contributed by atoms with Gasteiger partial charge in [-0.1, -0.05) is 19.9 Å². The molecule has 1 unspecified atom stereocenters. The van der Waals surface area contributed by atoms with Crippen LogP contribution in [0.1, 0.15) is 46.5 Å². The first kappa shape index (κ1) is 19.6. The number of aromatic nitrogens is 4. The van der Waals surface area contributed by atoms with E-state index >= 15 is 0 Å². The fourth-order valence-corrected chi connectivity index (χ4v) is 3.80. The van der Waals surface area contributed by atoms with Crippen molar-refractivity contribution in [2.45, 2.75) is 46.2 Å². The molecular weight excluding hydrogens is 340 g/mol. The smallest absolute Gasteiger partial charge is 0.169 e. The molecule has 7 heteroatoms. The highest BCUT2D eigenvalue weighted by molar-refractivity contribution is 5.51. The fourth-order valence-electron chi connectivity index (χ4n) is 3.80. The molecule has 1 saturated heterocycles. The van der Waals surface area contributed by atoms with E-state index in [0.29, 0.717) is 5.92 Å². The molecule has 0 radical (unpaired) electrons. The Balaban J connectivity index is 1.76. The summed E-state index contributed by atoms with van der Waals surface area (Å²) in [6.07, 6.45) is 0. The summed E-state index contributed by atoms with van der Waals surface area (Å²) >= 11 is 0. The Hall–Kier alpha value is -2.15. The first-order valence-corrected chi connectivity index (χ1v) is 9.73. The molecule has 148 valence electrons. The minimum absolute atomic E-state index is 0.131. The van der Waals surface area contributed by atoms with Crippen LogP contribution in [0, 0.1) is 5.92 Å². The molecule has 27 heavy (non-hydrogen) atoms. The molecule has 2 aromatic rings. The quantitative estimate of drug-likeness (QED) is 0.804. The maximum absolute atomic E-state index is 5.37. The van der Waals surface area contributed by atoms with E-state index < -0.39 is 0 Å². The van der Waals surface area contributed by atoms with E-state index in [1.807, 2.05) is 10.7 Å². The van der Waals surface area contributed by atoms with Gasteiger partial charge in [0.25, 0.3) is 0 Å². The molecule has 1 aromatic heterocycles. The Kier molecular flexibility index (Phi) is 5.69. The predicted molar refractivity (Wildman–Crippen MR) is 107 cm³/mol. The summed E-state index contributed by atoms with van der Waals surface area (Å²) in [7, 11) is 1.71. The van der Waals surface area contributed by atoms with Gasteiger partial charge in [-0.15, -0.1) is 5.10 Å². The van der Waals surface area contributed by atoms with E-state index in [2.05, 4.69) is 78.1 Å². The summed E-state index contributed by atoms with van der Waals surface area (Å²) in [5, 5.41) is 12.7. The molecule has 1 atom stereocenters. The van der Waals surface area contributed by atoms with Crippen molar-refractivity contribution in [1.82, 2.24) is 25.1 Å². The number of rotatable bonds is 5. The first-order valence-electron chi connectivity index (χ1n) is 9.73. The highest BCUT2D eigenvalue weighted by Gasteiger charge is 2.33. The van der Waals surface area contributed by atoms with Crippen LogP contribution < -0.4 is 9.64 Å². The monoisotopic (exact) mass is 372 g/mol. The summed E-state index contributed by atoms with van der Waals surface area (Å²) in [4.78, 5) is 4.94. The van der Waals surface area contributed by atoms with E-state index in [-0.39, 0.29) is 11.6 Å². The lowest BCUT2D eigenvalue weighted by Gasteiger charge is -2.41. The van der Waals surface area contributed by atoms with Gasteiger partial charge in [-0.2, -0.15) is 0 Å². The Morgan fingerprint density at radius 2 is 1.78 bits per heavy atom. The summed E-state index contributed by atoms with van der Waals surface area (Å²) in [5.74, 6) is 2.30. The van der Waals surface area contributed by atoms with Crippen molar-refractivity contribution in [2.75, 3.05) is 38.2 Å². The van der Waals surface area contributed by atoms with Crippen LogP contribution in [0.4, 0.5) is 5.69 Å². The lowest BCUT2D eigenvalue weighted by atomic mass is 9.99. The van der Waals surface area contributed by atoms with Gasteiger partial charge in [0.1, 0.15) is 5.75 Å². The van der Waals surface area contributed by atoms with E-state index in [9.17, 15) is 0 Å². The van der Waals surface area contributed by atoms with Gasteiger partial charge in [-0.25, -0.2) is 4.68 Å². The third kappa shape index (κ3) is 4.24. The van der Waals surface area contributed by atoms with E-state index in [0.717, 1.165) is 37.8 Å². The topological polar surface area (TPSA) is 59.3 Å². The lowest BCUT2D eigenvalue weighted by molar-refractivity contribution is 0.128. The molecule has 0 spiro atoms. The van der Waals surface area contributed by atoms with Gasteiger partial charge in [-0.05, 0) is 49.2 Å². The van der Waals surface area contributed by atoms with Gasteiger partial charge in [0.05, 0.1) is 18.7 Å². The van der Waals surface area contributed by atoms with Crippen LogP contribution in [0.15, 0.2) is 24.3 Å². The summed E-state index contributed by atoms with van der Waals surface area (Å²) in [6.45, 7) is 14.9. The third-order valence-electron chi connectivity index (χ3n) is 5.15. The van der Waals surface area contributed by atoms with Gasteiger partial charge in [0.2, 0.25) is 0 Å². The number of tetrazole rings is 1. The fraction of sp³-hybridized carbons (Fsp3) is 0.650. The van der Waals surface area contributed by atoms with Crippen LogP contribution in [0.5, 0.6) is 5.75 Å². The van der Waals surface area contributed by atoms with E-state index in [1.54, 1.807) is 7.11 Å². The standard InChI is InChI=1S/C20H32N6O/c1-15(2)18(19-21-22-23-26(19)20(3,4)5)25-12-10-24(11-13-25)16-8-7-9-17(14-16)27-6/h7-9,14-15,18H,10-13H2,1-6H3. The molecule has 7 nitrogen and oxygen atoms in total. The maximum atomic E-state index is 5.37. The van der Waals surface area contributed by atoms with Crippen LogP contribution >= 0.6 is 0 Å². The Morgan fingerprint density at radius 3 is 2.37 bits per heavy atom.